The Hall–Kier alpha value is -1.75. The second-order valence-electron chi connectivity index (χ2n) is 3.84. The Bertz CT molecular complexity index is 717. The molecule has 0 bridgehead atoms. The zero-order chi connectivity index (χ0) is 12.7. The average molecular weight is 309 g/mol. The molecule has 0 aliphatic rings. The molecule has 0 atom stereocenters. The van der Waals surface area contributed by atoms with Crippen molar-refractivity contribution < 1.29 is 8.78 Å². The molecule has 0 fully saturated rings. The number of nitrogens with zero attached hydrogens (tertiary/aromatic N) is 1. The minimum absolute atomic E-state index is 0.134. The molecule has 0 amide bonds. The summed E-state index contributed by atoms with van der Waals surface area (Å²) in [6.07, 6.45) is 0. The van der Waals surface area contributed by atoms with Gasteiger partial charge in [-0.25, -0.2) is 13.8 Å². The van der Waals surface area contributed by atoms with Gasteiger partial charge >= 0.3 is 0 Å². The van der Waals surface area contributed by atoms with Crippen LogP contribution in [0.2, 0.25) is 0 Å². The Balaban J connectivity index is 2.26. The van der Waals surface area contributed by atoms with Gasteiger partial charge in [0.25, 0.3) is 0 Å². The Kier molecular flexibility index (Phi) is 2.63. The summed E-state index contributed by atoms with van der Waals surface area (Å²) < 4.78 is 28.1. The Labute approximate surface area is 110 Å². The van der Waals surface area contributed by atoms with Crippen LogP contribution in [0.1, 0.15) is 0 Å². The first-order valence-electron chi connectivity index (χ1n) is 5.25. The van der Waals surface area contributed by atoms with Crippen molar-refractivity contribution in [1.29, 1.82) is 0 Å². The lowest BCUT2D eigenvalue weighted by molar-refractivity contribution is 0.588. The molecule has 90 valence electrons. The maximum absolute atomic E-state index is 13.6. The number of aromatic nitrogens is 2. The highest BCUT2D eigenvalue weighted by Gasteiger charge is 2.14. The Morgan fingerprint density at radius 2 is 1.78 bits per heavy atom. The Morgan fingerprint density at radius 3 is 2.50 bits per heavy atom. The first kappa shape index (κ1) is 11.3. The molecule has 0 saturated heterocycles. The molecule has 3 rings (SSSR count). The second-order valence-corrected chi connectivity index (χ2v) is 4.76. The van der Waals surface area contributed by atoms with Crippen molar-refractivity contribution in [1.82, 2.24) is 9.97 Å². The smallest absolute Gasteiger partial charge is 0.144 e. The Morgan fingerprint density at radius 1 is 1.06 bits per heavy atom. The van der Waals surface area contributed by atoms with Gasteiger partial charge in [-0.05, 0) is 30.3 Å². The van der Waals surface area contributed by atoms with Crippen molar-refractivity contribution in [2.75, 3.05) is 0 Å². The van der Waals surface area contributed by atoms with E-state index in [1.807, 2.05) is 12.1 Å². The molecule has 0 saturated carbocycles. The predicted molar refractivity (Wildman–Crippen MR) is 69.1 cm³/mol. The van der Waals surface area contributed by atoms with E-state index >= 15 is 0 Å². The molecule has 2 nitrogen and oxygen atoms in total. The SMILES string of the molecule is Fc1cccc(F)c1-c1nc2ccc(Br)cc2[nH]1. The van der Waals surface area contributed by atoms with Gasteiger partial charge in [0.2, 0.25) is 0 Å². The zero-order valence-corrected chi connectivity index (χ0v) is 10.6. The number of hydrogen-bond donors (Lipinski definition) is 1. The summed E-state index contributed by atoms with van der Waals surface area (Å²) in [4.78, 5) is 7.10. The fourth-order valence-corrected chi connectivity index (χ4v) is 2.19. The van der Waals surface area contributed by atoms with E-state index in [1.165, 1.54) is 18.2 Å². The van der Waals surface area contributed by atoms with Gasteiger partial charge in [0.15, 0.2) is 0 Å². The van der Waals surface area contributed by atoms with Gasteiger partial charge in [-0.3, -0.25) is 0 Å². The molecule has 0 radical (unpaired) electrons. The maximum Gasteiger partial charge on any atom is 0.144 e. The average Bonchev–Trinajstić information content (AvgIpc) is 2.71. The summed E-state index contributed by atoms with van der Waals surface area (Å²) in [6.45, 7) is 0. The topological polar surface area (TPSA) is 28.7 Å². The fraction of sp³-hybridized carbons (Fsp3) is 0. The predicted octanol–water partition coefficient (Wildman–Crippen LogP) is 4.27. The van der Waals surface area contributed by atoms with Crippen molar-refractivity contribution in [2.24, 2.45) is 0 Å². The zero-order valence-electron chi connectivity index (χ0n) is 9.05. The van der Waals surface area contributed by atoms with Crippen LogP contribution in [0, 0.1) is 11.6 Å². The molecule has 1 aromatic heterocycles. The maximum atomic E-state index is 13.6. The van der Waals surface area contributed by atoms with E-state index in [2.05, 4.69) is 25.9 Å². The number of benzene rings is 2. The van der Waals surface area contributed by atoms with E-state index in [0.29, 0.717) is 5.52 Å². The summed E-state index contributed by atoms with van der Waals surface area (Å²) >= 11 is 3.33. The van der Waals surface area contributed by atoms with E-state index in [1.54, 1.807) is 6.07 Å². The van der Waals surface area contributed by atoms with Crippen LogP contribution in [0.4, 0.5) is 8.78 Å². The number of aromatic amines is 1. The molecular formula is C13H7BrF2N2. The van der Waals surface area contributed by atoms with Gasteiger partial charge in [-0.15, -0.1) is 0 Å². The third-order valence-corrected chi connectivity index (χ3v) is 3.14. The standard InChI is InChI=1S/C13H7BrF2N2/c14-7-4-5-10-11(6-7)18-13(17-10)12-8(15)2-1-3-9(12)16/h1-6H,(H,17,18). The van der Waals surface area contributed by atoms with Gasteiger partial charge in [-0.2, -0.15) is 0 Å². The summed E-state index contributed by atoms with van der Waals surface area (Å²) in [5.41, 5.74) is 1.25. The van der Waals surface area contributed by atoms with E-state index in [-0.39, 0.29) is 11.4 Å². The minimum Gasteiger partial charge on any atom is -0.338 e. The molecule has 0 spiro atoms. The highest BCUT2D eigenvalue weighted by atomic mass is 79.9. The number of nitrogens with one attached hydrogen (secondary N) is 1. The van der Waals surface area contributed by atoms with Gasteiger partial charge in [-0.1, -0.05) is 22.0 Å². The minimum atomic E-state index is -0.631. The molecule has 0 unspecified atom stereocenters. The number of halogens is 3. The molecule has 2 aromatic carbocycles. The van der Waals surface area contributed by atoms with Crippen LogP contribution in [0.3, 0.4) is 0 Å². The quantitative estimate of drug-likeness (QED) is 0.714. The third kappa shape index (κ3) is 1.80. The van der Waals surface area contributed by atoms with Crippen LogP contribution < -0.4 is 0 Å². The fourth-order valence-electron chi connectivity index (χ4n) is 1.82. The van der Waals surface area contributed by atoms with Crippen molar-refractivity contribution >= 4 is 27.0 Å². The molecule has 1 N–H and O–H groups in total. The summed E-state index contributed by atoms with van der Waals surface area (Å²) in [7, 11) is 0. The normalized spacial score (nSPS) is 11.1. The number of rotatable bonds is 1. The van der Waals surface area contributed by atoms with Crippen molar-refractivity contribution in [3.05, 3.63) is 52.5 Å². The van der Waals surface area contributed by atoms with Crippen molar-refractivity contribution in [2.45, 2.75) is 0 Å². The largest absolute Gasteiger partial charge is 0.338 e. The van der Waals surface area contributed by atoms with Crippen molar-refractivity contribution in [3.63, 3.8) is 0 Å². The lowest BCUT2D eigenvalue weighted by Gasteiger charge is -2.00. The van der Waals surface area contributed by atoms with Gasteiger partial charge in [0.1, 0.15) is 17.5 Å². The van der Waals surface area contributed by atoms with Gasteiger partial charge < -0.3 is 4.98 Å². The highest BCUT2D eigenvalue weighted by Crippen LogP contribution is 2.26. The number of imidazole rings is 1. The van der Waals surface area contributed by atoms with Gasteiger partial charge in [0, 0.05) is 4.47 Å². The lowest BCUT2D eigenvalue weighted by atomic mass is 10.2. The second kappa shape index (κ2) is 4.17. The molecular weight excluding hydrogens is 302 g/mol. The molecule has 3 aromatic rings. The van der Waals surface area contributed by atoms with E-state index in [0.717, 1.165) is 9.99 Å². The van der Waals surface area contributed by atoms with E-state index in [9.17, 15) is 8.78 Å². The number of fused-ring (bicyclic) bond motifs is 1. The van der Waals surface area contributed by atoms with Crippen LogP contribution in [-0.4, -0.2) is 9.97 Å². The summed E-state index contributed by atoms with van der Waals surface area (Å²) in [6, 6.07) is 9.16. The summed E-state index contributed by atoms with van der Waals surface area (Å²) in [5, 5.41) is 0. The van der Waals surface area contributed by atoms with Crippen LogP contribution in [-0.2, 0) is 0 Å². The molecule has 18 heavy (non-hydrogen) atoms. The van der Waals surface area contributed by atoms with E-state index < -0.39 is 11.6 Å². The highest BCUT2D eigenvalue weighted by molar-refractivity contribution is 9.10. The number of hydrogen-bond acceptors (Lipinski definition) is 1. The molecule has 5 heteroatoms. The first-order valence-corrected chi connectivity index (χ1v) is 6.04. The summed E-state index contributed by atoms with van der Waals surface area (Å²) in [5.74, 6) is -1.07. The molecule has 1 heterocycles. The van der Waals surface area contributed by atoms with Crippen LogP contribution in [0.25, 0.3) is 22.4 Å². The first-order chi connectivity index (χ1) is 8.65. The molecule has 0 aliphatic heterocycles. The van der Waals surface area contributed by atoms with E-state index in [4.69, 9.17) is 0 Å². The van der Waals surface area contributed by atoms with Crippen LogP contribution >= 0.6 is 15.9 Å². The third-order valence-electron chi connectivity index (χ3n) is 2.64. The molecule has 0 aliphatic carbocycles. The van der Waals surface area contributed by atoms with Crippen LogP contribution in [0.5, 0.6) is 0 Å². The lowest BCUT2D eigenvalue weighted by Crippen LogP contribution is -1.90. The van der Waals surface area contributed by atoms with Gasteiger partial charge in [0.05, 0.1) is 16.6 Å². The van der Waals surface area contributed by atoms with Crippen molar-refractivity contribution in [3.8, 4) is 11.4 Å². The monoisotopic (exact) mass is 308 g/mol. The number of H-pyrrole nitrogens is 1. The van der Waals surface area contributed by atoms with Crippen LogP contribution in [0.15, 0.2) is 40.9 Å².